The summed E-state index contributed by atoms with van der Waals surface area (Å²) in [5.41, 5.74) is 19.8. The third kappa shape index (κ3) is 14.8. The number of primary amides is 1. The Morgan fingerprint density at radius 2 is 1.69 bits per heavy atom. The second-order valence-electron chi connectivity index (χ2n) is 8.07. The molecule has 12 heteroatoms. The number of amides is 4. The van der Waals surface area contributed by atoms with Gasteiger partial charge in [-0.05, 0) is 61.2 Å². The monoisotopic (exact) mass is 509 g/mol. The second kappa shape index (κ2) is 18.4. The number of nitrogens with zero attached hydrogens (tertiary/aromatic N) is 1. The molecule has 0 radical (unpaired) electrons. The van der Waals surface area contributed by atoms with Crippen molar-refractivity contribution in [2.45, 2.75) is 64.0 Å². The molecular weight excluding hydrogens is 470 g/mol. The summed E-state index contributed by atoms with van der Waals surface area (Å²) in [6, 6.07) is 6.66. The smallest absolute Gasteiger partial charge is 0.312 e. The number of hydroxylamine groups is 1. The Bertz CT molecular complexity index is 819. The second-order valence-corrected chi connectivity index (χ2v) is 9.29. The molecule has 0 aliphatic rings. The van der Waals surface area contributed by atoms with Crippen LogP contribution in [0, 0.1) is 0 Å². The Hall–Kier alpha value is -2.99. The standard InChI is InChI=1S/C23H39N7O4S/c24-22(25)28-16-18-9-4-3-8-17(18)10-7-15-35-14-5-1-2-12-20(31)29-19(21(32)30-34)11-6-13-27-23(26)33/h3-4,8-9,19,34H,1-2,5-7,10-16H2,(H,29,31)(H,30,32)(H4,24,25,28)(H3,26,27,33). The number of rotatable bonds is 18. The highest BCUT2D eigenvalue weighted by molar-refractivity contribution is 7.99. The zero-order chi connectivity index (χ0) is 25.9. The highest BCUT2D eigenvalue weighted by atomic mass is 32.2. The first kappa shape index (κ1) is 30.0. The quantitative estimate of drug-likeness (QED) is 0.0505. The summed E-state index contributed by atoms with van der Waals surface area (Å²) >= 11 is 1.90. The summed E-state index contributed by atoms with van der Waals surface area (Å²) in [5.74, 6) is 1.25. The van der Waals surface area contributed by atoms with Crippen LogP contribution in [0.2, 0.25) is 0 Å². The molecule has 1 rings (SSSR count). The molecule has 10 N–H and O–H groups in total. The van der Waals surface area contributed by atoms with Gasteiger partial charge in [0.25, 0.3) is 5.91 Å². The molecule has 4 amide bonds. The zero-order valence-corrected chi connectivity index (χ0v) is 20.9. The first-order valence-electron chi connectivity index (χ1n) is 11.8. The SMILES string of the molecule is NC(=O)NCCCC(NC(=O)CCCCCSCCCc1ccccc1CN=C(N)N)C(=O)NO. The van der Waals surface area contributed by atoms with Gasteiger partial charge in [0.1, 0.15) is 6.04 Å². The molecule has 0 saturated carbocycles. The van der Waals surface area contributed by atoms with Gasteiger partial charge in [-0.2, -0.15) is 11.8 Å². The van der Waals surface area contributed by atoms with Crippen LogP contribution in [0.4, 0.5) is 4.79 Å². The van der Waals surface area contributed by atoms with Crippen LogP contribution >= 0.6 is 11.8 Å². The number of carbonyl (C=O) groups is 3. The van der Waals surface area contributed by atoms with Crippen molar-refractivity contribution >= 4 is 35.6 Å². The molecule has 0 heterocycles. The van der Waals surface area contributed by atoms with E-state index in [1.165, 1.54) is 5.56 Å². The number of benzene rings is 1. The lowest BCUT2D eigenvalue weighted by Gasteiger charge is -2.16. The van der Waals surface area contributed by atoms with E-state index in [0.29, 0.717) is 19.4 Å². The van der Waals surface area contributed by atoms with Gasteiger partial charge in [-0.1, -0.05) is 30.7 Å². The number of aryl methyl sites for hydroxylation is 1. The van der Waals surface area contributed by atoms with Gasteiger partial charge >= 0.3 is 6.03 Å². The minimum atomic E-state index is -0.859. The fourth-order valence-corrected chi connectivity index (χ4v) is 4.36. The maximum Gasteiger partial charge on any atom is 0.312 e. The van der Waals surface area contributed by atoms with Gasteiger partial charge in [0.15, 0.2) is 5.96 Å². The number of hydrogen-bond donors (Lipinski definition) is 7. The maximum atomic E-state index is 12.1. The number of nitrogens with one attached hydrogen (secondary N) is 3. The lowest BCUT2D eigenvalue weighted by atomic mass is 10.0. The Kier molecular flexibility index (Phi) is 15.8. The lowest BCUT2D eigenvalue weighted by Crippen LogP contribution is -2.46. The molecule has 0 aliphatic heterocycles. The van der Waals surface area contributed by atoms with E-state index in [0.717, 1.165) is 49.2 Å². The third-order valence-corrected chi connectivity index (χ3v) is 6.36. The molecular formula is C23H39N7O4S. The fourth-order valence-electron chi connectivity index (χ4n) is 3.40. The van der Waals surface area contributed by atoms with E-state index in [1.807, 2.05) is 30.0 Å². The van der Waals surface area contributed by atoms with Crippen LogP contribution in [-0.4, -0.2) is 53.1 Å². The van der Waals surface area contributed by atoms with Crippen molar-refractivity contribution in [2.75, 3.05) is 18.1 Å². The molecule has 196 valence electrons. The molecule has 1 aromatic rings. The van der Waals surface area contributed by atoms with Crippen LogP contribution in [0.3, 0.4) is 0 Å². The van der Waals surface area contributed by atoms with Gasteiger partial charge in [0, 0.05) is 13.0 Å². The highest BCUT2D eigenvalue weighted by Crippen LogP contribution is 2.15. The number of guanidine groups is 1. The highest BCUT2D eigenvalue weighted by Gasteiger charge is 2.19. The Morgan fingerprint density at radius 3 is 2.37 bits per heavy atom. The van der Waals surface area contributed by atoms with Crippen molar-refractivity contribution in [1.29, 1.82) is 0 Å². The predicted molar refractivity (Wildman–Crippen MR) is 139 cm³/mol. The fraction of sp³-hybridized carbons (Fsp3) is 0.565. The molecule has 0 aromatic heterocycles. The van der Waals surface area contributed by atoms with E-state index in [1.54, 1.807) is 5.48 Å². The van der Waals surface area contributed by atoms with Crippen molar-refractivity contribution in [3.63, 3.8) is 0 Å². The van der Waals surface area contributed by atoms with Crippen molar-refractivity contribution in [1.82, 2.24) is 16.1 Å². The summed E-state index contributed by atoms with van der Waals surface area (Å²) in [6.07, 6.45) is 5.71. The van der Waals surface area contributed by atoms with Gasteiger partial charge in [-0.15, -0.1) is 0 Å². The maximum absolute atomic E-state index is 12.1. The van der Waals surface area contributed by atoms with E-state index >= 15 is 0 Å². The van der Waals surface area contributed by atoms with E-state index < -0.39 is 18.0 Å². The predicted octanol–water partition coefficient (Wildman–Crippen LogP) is 1.12. The summed E-state index contributed by atoms with van der Waals surface area (Å²) in [4.78, 5) is 38.7. The summed E-state index contributed by atoms with van der Waals surface area (Å²) in [6.45, 7) is 0.777. The van der Waals surface area contributed by atoms with Crippen molar-refractivity contribution in [3.05, 3.63) is 35.4 Å². The molecule has 35 heavy (non-hydrogen) atoms. The van der Waals surface area contributed by atoms with Gasteiger partial charge in [0.2, 0.25) is 5.91 Å². The molecule has 0 spiro atoms. The molecule has 0 bridgehead atoms. The summed E-state index contributed by atoms with van der Waals surface area (Å²) in [7, 11) is 0. The molecule has 0 fully saturated rings. The first-order valence-corrected chi connectivity index (χ1v) is 13.0. The van der Waals surface area contributed by atoms with Gasteiger partial charge in [-0.3, -0.25) is 14.8 Å². The zero-order valence-electron chi connectivity index (χ0n) is 20.1. The molecule has 1 unspecified atom stereocenters. The molecule has 0 saturated heterocycles. The number of aliphatic imine (C=N–C) groups is 1. The van der Waals surface area contributed by atoms with E-state index in [-0.39, 0.29) is 24.8 Å². The number of urea groups is 1. The summed E-state index contributed by atoms with van der Waals surface area (Å²) < 4.78 is 0. The normalized spacial score (nSPS) is 11.3. The molecule has 0 aliphatic carbocycles. The average Bonchev–Trinajstić information content (AvgIpc) is 2.83. The Labute approximate surface area is 211 Å². The Balaban J connectivity index is 2.16. The van der Waals surface area contributed by atoms with Gasteiger partial charge < -0.3 is 27.8 Å². The van der Waals surface area contributed by atoms with E-state index in [9.17, 15) is 14.4 Å². The minimum Gasteiger partial charge on any atom is -0.370 e. The average molecular weight is 510 g/mol. The Morgan fingerprint density at radius 1 is 0.971 bits per heavy atom. The summed E-state index contributed by atoms with van der Waals surface area (Å²) in [5, 5.41) is 13.9. The van der Waals surface area contributed by atoms with Crippen LogP contribution in [0.5, 0.6) is 0 Å². The largest absolute Gasteiger partial charge is 0.370 e. The van der Waals surface area contributed by atoms with Crippen LogP contribution in [0.15, 0.2) is 29.3 Å². The molecule has 1 aromatic carbocycles. The van der Waals surface area contributed by atoms with E-state index in [2.05, 4.69) is 21.7 Å². The third-order valence-electron chi connectivity index (χ3n) is 5.21. The van der Waals surface area contributed by atoms with Crippen LogP contribution < -0.4 is 33.3 Å². The lowest BCUT2D eigenvalue weighted by molar-refractivity contribution is -0.134. The minimum absolute atomic E-state index is 0.0953. The number of unbranched alkanes of at least 4 members (excludes halogenated alkanes) is 2. The van der Waals surface area contributed by atoms with Crippen molar-refractivity contribution in [2.24, 2.45) is 22.2 Å². The van der Waals surface area contributed by atoms with Crippen LogP contribution in [-0.2, 0) is 22.6 Å². The van der Waals surface area contributed by atoms with Gasteiger partial charge in [0.05, 0.1) is 6.54 Å². The van der Waals surface area contributed by atoms with Crippen LogP contribution in [0.1, 0.15) is 56.1 Å². The van der Waals surface area contributed by atoms with Crippen molar-refractivity contribution in [3.8, 4) is 0 Å². The van der Waals surface area contributed by atoms with E-state index in [4.69, 9.17) is 22.4 Å². The van der Waals surface area contributed by atoms with Gasteiger partial charge in [-0.25, -0.2) is 15.3 Å². The molecule has 1 atom stereocenters. The first-order chi connectivity index (χ1) is 16.8. The van der Waals surface area contributed by atoms with Crippen LogP contribution in [0.25, 0.3) is 0 Å². The number of nitrogens with two attached hydrogens (primary N) is 3. The number of carbonyl (C=O) groups excluding carboxylic acids is 3. The molecule has 11 nitrogen and oxygen atoms in total. The van der Waals surface area contributed by atoms with Crippen molar-refractivity contribution < 1.29 is 19.6 Å². The number of hydrogen-bond acceptors (Lipinski definition) is 6. The number of thioether (sulfide) groups is 1. The topological polar surface area (TPSA) is 198 Å².